The first-order valence-corrected chi connectivity index (χ1v) is 8.03. The van der Waals surface area contributed by atoms with Crippen molar-refractivity contribution in [2.75, 3.05) is 19.4 Å². The number of nitriles is 1. The first-order chi connectivity index (χ1) is 10.6. The van der Waals surface area contributed by atoms with Crippen LogP contribution in [-0.2, 0) is 15.3 Å². The van der Waals surface area contributed by atoms with E-state index in [2.05, 4.69) is 28.8 Å². The molecule has 0 bridgehead atoms. The molecular formula is C14H17N5O2S. The fourth-order valence-corrected chi connectivity index (χ4v) is 4.17. The number of methoxy groups -OCH3 is 1. The van der Waals surface area contributed by atoms with Gasteiger partial charge in [-0.15, -0.1) is 11.8 Å². The molecule has 0 aromatic carbocycles. The molecule has 3 atom stereocenters. The van der Waals surface area contributed by atoms with Crippen LogP contribution in [0.3, 0.4) is 0 Å². The van der Waals surface area contributed by atoms with Crippen LogP contribution in [0.15, 0.2) is 0 Å². The molecular weight excluding hydrogens is 302 g/mol. The van der Waals surface area contributed by atoms with Crippen molar-refractivity contribution in [3.63, 3.8) is 0 Å². The molecule has 8 heteroatoms. The number of nitrogens with zero attached hydrogens (tertiary/aromatic N) is 2. The van der Waals surface area contributed by atoms with E-state index in [1.54, 1.807) is 11.8 Å². The molecule has 1 saturated heterocycles. The van der Waals surface area contributed by atoms with E-state index in [-0.39, 0.29) is 23.0 Å². The summed E-state index contributed by atoms with van der Waals surface area (Å²) in [5, 5.41) is 9.74. The Morgan fingerprint density at radius 2 is 2.36 bits per heavy atom. The molecule has 1 aromatic heterocycles. The van der Waals surface area contributed by atoms with Gasteiger partial charge >= 0.3 is 5.97 Å². The summed E-state index contributed by atoms with van der Waals surface area (Å²) in [5.74, 6) is 0.452. The highest BCUT2D eigenvalue weighted by Crippen LogP contribution is 2.45. The number of pyridine rings is 1. The summed E-state index contributed by atoms with van der Waals surface area (Å²) in [6, 6.07) is 1.62. The minimum Gasteiger partial charge on any atom is -0.468 e. The van der Waals surface area contributed by atoms with Gasteiger partial charge in [0.2, 0.25) is 0 Å². The zero-order chi connectivity index (χ0) is 15.9. The molecule has 3 heterocycles. The summed E-state index contributed by atoms with van der Waals surface area (Å²) in [4.78, 5) is 16.4. The molecule has 3 rings (SSSR count). The second kappa shape index (κ2) is 5.76. The lowest BCUT2D eigenvalue weighted by Gasteiger charge is -2.21. The van der Waals surface area contributed by atoms with Gasteiger partial charge in [-0.05, 0) is 18.1 Å². The number of nitrogens with one attached hydrogen (secondary N) is 2. The number of esters is 1. The second-order valence-corrected chi connectivity index (χ2v) is 6.68. The number of hydrogen-bond donors (Lipinski definition) is 3. The van der Waals surface area contributed by atoms with Gasteiger partial charge in [0.25, 0.3) is 0 Å². The molecule has 116 valence electrons. The van der Waals surface area contributed by atoms with E-state index >= 15 is 0 Å². The summed E-state index contributed by atoms with van der Waals surface area (Å²) in [7, 11) is 1.36. The number of ether oxygens (including phenoxy) is 1. The van der Waals surface area contributed by atoms with Gasteiger partial charge in [0.1, 0.15) is 17.9 Å². The largest absolute Gasteiger partial charge is 0.468 e. The van der Waals surface area contributed by atoms with Gasteiger partial charge in [-0.2, -0.15) is 5.26 Å². The fourth-order valence-electron chi connectivity index (χ4n) is 3.10. The molecule has 3 unspecified atom stereocenters. The summed E-state index contributed by atoms with van der Waals surface area (Å²) in [6.07, 6.45) is 0. The van der Waals surface area contributed by atoms with E-state index in [1.807, 2.05) is 0 Å². The van der Waals surface area contributed by atoms with Crippen molar-refractivity contribution < 1.29 is 9.53 Å². The van der Waals surface area contributed by atoms with Gasteiger partial charge < -0.3 is 10.5 Å². The Bertz CT molecular complexity index is 672. The number of carbonyl (C=O) groups is 1. The summed E-state index contributed by atoms with van der Waals surface area (Å²) in [6.45, 7) is 2.60. The Kier molecular flexibility index (Phi) is 3.95. The Hall–Kier alpha value is -1.82. The first-order valence-electron chi connectivity index (χ1n) is 6.98. The Morgan fingerprint density at radius 1 is 1.59 bits per heavy atom. The molecule has 4 N–H and O–H groups in total. The van der Waals surface area contributed by atoms with Crippen molar-refractivity contribution in [2.45, 2.75) is 29.9 Å². The zero-order valence-electron chi connectivity index (χ0n) is 12.3. The number of fused-ring (bicyclic) bond motifs is 1. The van der Waals surface area contributed by atoms with E-state index in [9.17, 15) is 10.1 Å². The van der Waals surface area contributed by atoms with Crippen LogP contribution in [0.5, 0.6) is 0 Å². The predicted molar refractivity (Wildman–Crippen MR) is 82.8 cm³/mol. The summed E-state index contributed by atoms with van der Waals surface area (Å²) in [5.41, 5.74) is 15.1. The molecule has 1 fully saturated rings. The lowest BCUT2D eigenvalue weighted by molar-refractivity contribution is -0.143. The number of nitrogen functional groups attached to an aromatic ring is 1. The highest BCUT2D eigenvalue weighted by molar-refractivity contribution is 7.99. The number of hydrazine groups is 1. The van der Waals surface area contributed by atoms with Crippen molar-refractivity contribution in [3.05, 3.63) is 22.4 Å². The average molecular weight is 319 g/mol. The van der Waals surface area contributed by atoms with Gasteiger partial charge in [0.05, 0.1) is 18.4 Å². The van der Waals surface area contributed by atoms with Gasteiger partial charge in [-0.1, -0.05) is 0 Å². The van der Waals surface area contributed by atoms with Gasteiger partial charge in [-0.25, -0.2) is 10.4 Å². The second-order valence-electron chi connectivity index (χ2n) is 5.35. The monoisotopic (exact) mass is 319 g/mol. The van der Waals surface area contributed by atoms with Gasteiger partial charge in [0, 0.05) is 23.5 Å². The van der Waals surface area contributed by atoms with Crippen LogP contribution < -0.4 is 16.6 Å². The highest BCUT2D eigenvalue weighted by Gasteiger charge is 2.40. The lowest BCUT2D eigenvalue weighted by atomic mass is 9.86. The van der Waals surface area contributed by atoms with Crippen molar-refractivity contribution in [3.8, 4) is 6.07 Å². The molecule has 0 saturated carbocycles. The molecule has 2 aliphatic heterocycles. The third-order valence-corrected chi connectivity index (χ3v) is 5.36. The summed E-state index contributed by atoms with van der Waals surface area (Å²) >= 11 is 1.76. The van der Waals surface area contributed by atoms with E-state index < -0.39 is 6.04 Å². The zero-order valence-corrected chi connectivity index (χ0v) is 13.2. The third-order valence-electron chi connectivity index (χ3n) is 4.18. The lowest BCUT2D eigenvalue weighted by Crippen LogP contribution is -2.39. The van der Waals surface area contributed by atoms with Crippen LogP contribution in [0.2, 0.25) is 0 Å². The van der Waals surface area contributed by atoms with Crippen molar-refractivity contribution >= 4 is 23.5 Å². The molecule has 0 spiro atoms. The van der Waals surface area contributed by atoms with Gasteiger partial charge in [0.15, 0.2) is 0 Å². The maximum absolute atomic E-state index is 12.0. The van der Waals surface area contributed by atoms with Crippen molar-refractivity contribution in [2.24, 2.45) is 0 Å². The Morgan fingerprint density at radius 3 is 3.05 bits per heavy atom. The SMILES string of the molecule is COC(=O)C1NNCC1c1c(C#N)c(N)nc2c1CSC2C. The van der Waals surface area contributed by atoms with E-state index in [0.29, 0.717) is 12.1 Å². The minimum absolute atomic E-state index is 0.202. The number of thioether (sulfide) groups is 1. The maximum atomic E-state index is 12.0. The van der Waals surface area contributed by atoms with Crippen LogP contribution in [0.1, 0.15) is 40.5 Å². The number of aromatic nitrogens is 1. The number of anilines is 1. The van der Waals surface area contributed by atoms with E-state index in [4.69, 9.17) is 10.5 Å². The minimum atomic E-state index is -0.538. The highest BCUT2D eigenvalue weighted by atomic mass is 32.2. The van der Waals surface area contributed by atoms with Crippen LogP contribution in [-0.4, -0.2) is 30.6 Å². The van der Waals surface area contributed by atoms with Crippen molar-refractivity contribution in [1.29, 1.82) is 5.26 Å². The van der Waals surface area contributed by atoms with E-state index in [0.717, 1.165) is 22.6 Å². The normalized spacial score (nSPS) is 26.5. The average Bonchev–Trinajstić information content (AvgIpc) is 3.13. The number of carbonyl (C=O) groups excluding carboxylic acids is 1. The molecule has 2 aliphatic rings. The number of rotatable bonds is 2. The summed E-state index contributed by atoms with van der Waals surface area (Å²) < 4.78 is 4.85. The van der Waals surface area contributed by atoms with Crippen LogP contribution in [0.25, 0.3) is 0 Å². The number of nitrogens with two attached hydrogens (primary N) is 1. The Balaban J connectivity index is 2.16. The van der Waals surface area contributed by atoms with E-state index in [1.165, 1.54) is 7.11 Å². The van der Waals surface area contributed by atoms with Crippen LogP contribution >= 0.6 is 11.8 Å². The smallest absolute Gasteiger partial charge is 0.324 e. The molecule has 22 heavy (non-hydrogen) atoms. The topological polar surface area (TPSA) is 113 Å². The fraction of sp³-hybridized carbons (Fsp3) is 0.500. The van der Waals surface area contributed by atoms with Gasteiger partial charge in [-0.3, -0.25) is 10.2 Å². The third kappa shape index (κ3) is 2.22. The predicted octanol–water partition coefficient (Wildman–Crippen LogP) is 0.576. The molecule has 0 radical (unpaired) electrons. The number of hydrogen-bond acceptors (Lipinski definition) is 8. The maximum Gasteiger partial charge on any atom is 0.324 e. The first kappa shape index (κ1) is 15.1. The quantitative estimate of drug-likeness (QED) is 0.678. The molecule has 1 aromatic rings. The molecule has 7 nitrogen and oxygen atoms in total. The van der Waals surface area contributed by atoms with Crippen LogP contribution in [0.4, 0.5) is 5.82 Å². The van der Waals surface area contributed by atoms with Crippen molar-refractivity contribution in [1.82, 2.24) is 15.8 Å². The van der Waals surface area contributed by atoms with Crippen LogP contribution in [0, 0.1) is 11.3 Å². The Labute approximate surface area is 132 Å². The standard InChI is InChI=1S/C14H17N5O2S/c1-6-11-9(5-22-6)10(7(3-15)13(16)18-11)8-4-17-19-12(8)14(20)21-2/h6,8,12,17,19H,4-5H2,1-2H3,(H2,16,18). The molecule has 0 aliphatic carbocycles. The molecule has 0 amide bonds.